The lowest BCUT2D eigenvalue weighted by Crippen LogP contribution is -2.48. The van der Waals surface area contributed by atoms with Gasteiger partial charge in [0.2, 0.25) is 0 Å². The zero-order valence-electron chi connectivity index (χ0n) is 7.21. The van der Waals surface area contributed by atoms with E-state index in [-0.39, 0.29) is 0 Å². The second-order valence-electron chi connectivity index (χ2n) is 3.41. The molecule has 0 aromatic carbocycles. The van der Waals surface area contributed by atoms with Gasteiger partial charge in [0.15, 0.2) is 0 Å². The number of nitrogens with one attached hydrogen (secondary N) is 1. The van der Waals surface area contributed by atoms with Gasteiger partial charge in [-0.3, -0.25) is 4.79 Å². The maximum atomic E-state index is 10.6. The highest BCUT2D eigenvalue weighted by Gasteiger charge is 2.38. The molecule has 0 spiro atoms. The van der Waals surface area contributed by atoms with E-state index in [9.17, 15) is 9.90 Å². The van der Waals surface area contributed by atoms with E-state index in [2.05, 4.69) is 5.32 Å². The van der Waals surface area contributed by atoms with Crippen molar-refractivity contribution >= 4 is 5.97 Å². The predicted octanol–water partition coefficient (Wildman–Crippen LogP) is -0.178. The Hall–Kier alpha value is -0.610. The third kappa shape index (κ3) is 1.76. The number of piperidine rings is 1. The highest BCUT2D eigenvalue weighted by molar-refractivity contribution is 5.71. The van der Waals surface area contributed by atoms with Gasteiger partial charge in [-0.2, -0.15) is 0 Å². The van der Waals surface area contributed by atoms with E-state index in [0.717, 1.165) is 0 Å². The van der Waals surface area contributed by atoms with E-state index in [1.807, 2.05) is 0 Å². The summed E-state index contributed by atoms with van der Waals surface area (Å²) in [7, 11) is 0. The van der Waals surface area contributed by atoms with Crippen molar-refractivity contribution in [1.82, 2.24) is 5.32 Å². The molecular weight excluding hydrogens is 158 g/mol. The molecule has 0 aliphatic carbocycles. The molecule has 0 amide bonds. The van der Waals surface area contributed by atoms with Crippen LogP contribution in [0.25, 0.3) is 0 Å². The number of rotatable bonds is 2. The molecule has 1 unspecified atom stereocenters. The number of aliphatic carboxylic acids is 1. The van der Waals surface area contributed by atoms with Gasteiger partial charge in [0, 0.05) is 0 Å². The molecular formula is C8H15NO3. The van der Waals surface area contributed by atoms with Crippen LogP contribution in [0.4, 0.5) is 0 Å². The van der Waals surface area contributed by atoms with Crippen LogP contribution in [0.3, 0.4) is 0 Å². The summed E-state index contributed by atoms with van der Waals surface area (Å²) in [6.45, 7) is 2.97. The van der Waals surface area contributed by atoms with Crippen LogP contribution in [0.1, 0.15) is 19.8 Å². The lowest BCUT2D eigenvalue weighted by Gasteiger charge is -2.35. The van der Waals surface area contributed by atoms with Gasteiger partial charge >= 0.3 is 5.97 Å². The van der Waals surface area contributed by atoms with E-state index in [1.165, 1.54) is 0 Å². The quantitative estimate of drug-likeness (QED) is 0.542. The number of carboxylic acid groups (broad SMARTS) is 1. The number of aliphatic hydroxyl groups is 1. The van der Waals surface area contributed by atoms with Crippen LogP contribution in [0, 0.1) is 5.92 Å². The van der Waals surface area contributed by atoms with Crippen LogP contribution in [-0.4, -0.2) is 34.9 Å². The molecule has 3 N–H and O–H groups in total. The minimum Gasteiger partial charge on any atom is -0.481 e. The second kappa shape index (κ2) is 3.41. The molecule has 1 fully saturated rings. The Labute approximate surface area is 71.6 Å². The molecule has 1 aliphatic heterocycles. The molecule has 4 heteroatoms. The summed E-state index contributed by atoms with van der Waals surface area (Å²) in [5, 5.41) is 21.7. The van der Waals surface area contributed by atoms with Gasteiger partial charge in [-0.15, -0.1) is 0 Å². The molecule has 0 saturated carbocycles. The Morgan fingerprint density at radius 2 is 2.00 bits per heavy atom. The molecule has 1 heterocycles. The van der Waals surface area contributed by atoms with E-state index in [0.29, 0.717) is 25.9 Å². The zero-order valence-corrected chi connectivity index (χ0v) is 7.21. The van der Waals surface area contributed by atoms with Gasteiger partial charge in [0.25, 0.3) is 0 Å². The van der Waals surface area contributed by atoms with Crippen molar-refractivity contribution in [2.75, 3.05) is 13.1 Å². The van der Waals surface area contributed by atoms with E-state index in [4.69, 9.17) is 5.11 Å². The zero-order chi connectivity index (χ0) is 9.19. The lowest BCUT2D eigenvalue weighted by atomic mass is 9.81. The van der Waals surface area contributed by atoms with E-state index in [1.54, 1.807) is 6.92 Å². The summed E-state index contributed by atoms with van der Waals surface area (Å²) in [5.41, 5.74) is -1.00. The van der Waals surface area contributed by atoms with E-state index < -0.39 is 17.5 Å². The maximum absolute atomic E-state index is 10.6. The fraction of sp³-hybridized carbons (Fsp3) is 0.875. The van der Waals surface area contributed by atoms with Gasteiger partial charge in [-0.05, 0) is 32.9 Å². The maximum Gasteiger partial charge on any atom is 0.309 e. The Morgan fingerprint density at radius 3 is 2.42 bits per heavy atom. The summed E-state index contributed by atoms with van der Waals surface area (Å²) in [5.74, 6) is -1.58. The molecule has 12 heavy (non-hydrogen) atoms. The average Bonchev–Trinajstić information content (AvgIpc) is 2.04. The number of hydrogen-bond donors (Lipinski definition) is 3. The molecule has 0 aromatic rings. The van der Waals surface area contributed by atoms with Gasteiger partial charge in [-0.1, -0.05) is 0 Å². The van der Waals surface area contributed by atoms with Crippen LogP contribution in [0.5, 0.6) is 0 Å². The summed E-state index contributed by atoms with van der Waals surface area (Å²) in [6, 6.07) is 0. The van der Waals surface area contributed by atoms with Gasteiger partial charge < -0.3 is 15.5 Å². The van der Waals surface area contributed by atoms with Crippen molar-refractivity contribution in [3.05, 3.63) is 0 Å². The molecule has 0 bridgehead atoms. The normalized spacial score (nSPS) is 24.8. The largest absolute Gasteiger partial charge is 0.481 e. The van der Waals surface area contributed by atoms with Gasteiger partial charge in [0.1, 0.15) is 0 Å². The van der Waals surface area contributed by atoms with Crippen molar-refractivity contribution in [2.24, 2.45) is 5.92 Å². The first kappa shape index (κ1) is 9.48. The number of carboxylic acids is 1. The van der Waals surface area contributed by atoms with Crippen molar-refractivity contribution in [1.29, 1.82) is 0 Å². The smallest absolute Gasteiger partial charge is 0.309 e. The topological polar surface area (TPSA) is 69.6 Å². The summed E-state index contributed by atoms with van der Waals surface area (Å²) < 4.78 is 0. The molecule has 0 radical (unpaired) electrons. The minimum absolute atomic E-state index is 0.528. The van der Waals surface area contributed by atoms with E-state index >= 15 is 0 Å². The van der Waals surface area contributed by atoms with Crippen LogP contribution < -0.4 is 5.32 Å². The highest BCUT2D eigenvalue weighted by Crippen LogP contribution is 2.27. The monoisotopic (exact) mass is 173 g/mol. The Morgan fingerprint density at radius 1 is 1.50 bits per heavy atom. The second-order valence-corrected chi connectivity index (χ2v) is 3.41. The number of hydrogen-bond acceptors (Lipinski definition) is 3. The average molecular weight is 173 g/mol. The van der Waals surface area contributed by atoms with Crippen molar-refractivity contribution < 1.29 is 15.0 Å². The van der Waals surface area contributed by atoms with Crippen molar-refractivity contribution in [3.8, 4) is 0 Å². The molecule has 1 saturated heterocycles. The fourth-order valence-corrected chi connectivity index (χ4v) is 1.52. The molecule has 1 atom stereocenters. The van der Waals surface area contributed by atoms with Crippen molar-refractivity contribution in [3.63, 3.8) is 0 Å². The molecule has 1 aliphatic rings. The first-order valence-electron chi connectivity index (χ1n) is 4.22. The van der Waals surface area contributed by atoms with Crippen LogP contribution >= 0.6 is 0 Å². The predicted molar refractivity (Wildman–Crippen MR) is 43.9 cm³/mol. The highest BCUT2D eigenvalue weighted by atomic mass is 16.4. The molecule has 70 valence electrons. The summed E-state index contributed by atoms with van der Waals surface area (Å²) in [6.07, 6.45) is 1.06. The Kier molecular flexibility index (Phi) is 2.69. The summed E-state index contributed by atoms with van der Waals surface area (Å²) in [4.78, 5) is 10.6. The third-order valence-corrected chi connectivity index (χ3v) is 2.65. The third-order valence-electron chi connectivity index (χ3n) is 2.65. The van der Waals surface area contributed by atoms with Crippen molar-refractivity contribution in [2.45, 2.75) is 25.4 Å². The molecule has 0 aromatic heterocycles. The van der Waals surface area contributed by atoms with Crippen LogP contribution in [0.15, 0.2) is 0 Å². The van der Waals surface area contributed by atoms with Crippen LogP contribution in [-0.2, 0) is 4.79 Å². The first-order valence-corrected chi connectivity index (χ1v) is 4.22. The minimum atomic E-state index is -1.00. The number of carbonyl (C=O) groups is 1. The SMILES string of the molecule is CC(C(=O)O)C1(O)CCNCC1. The lowest BCUT2D eigenvalue weighted by molar-refractivity contribution is -0.152. The molecule has 4 nitrogen and oxygen atoms in total. The molecule has 1 rings (SSSR count). The summed E-state index contributed by atoms with van der Waals surface area (Å²) >= 11 is 0. The first-order chi connectivity index (χ1) is 5.56. The standard InChI is InChI=1S/C8H15NO3/c1-6(7(10)11)8(12)2-4-9-5-3-8/h6,9,12H,2-5H2,1H3,(H,10,11). The van der Waals surface area contributed by atoms with Crippen LogP contribution in [0.2, 0.25) is 0 Å². The Bertz CT molecular complexity index is 175. The Balaban J connectivity index is 2.62. The fourth-order valence-electron chi connectivity index (χ4n) is 1.52. The van der Waals surface area contributed by atoms with Gasteiger partial charge in [0.05, 0.1) is 11.5 Å². The van der Waals surface area contributed by atoms with Gasteiger partial charge in [-0.25, -0.2) is 0 Å².